The molecule has 25 heavy (non-hydrogen) atoms. The lowest BCUT2D eigenvalue weighted by Crippen LogP contribution is -2.17. The van der Waals surface area contributed by atoms with E-state index in [2.05, 4.69) is 23.4 Å². The summed E-state index contributed by atoms with van der Waals surface area (Å²) in [7, 11) is 0. The van der Waals surface area contributed by atoms with E-state index in [-0.39, 0.29) is 5.91 Å². The Labute approximate surface area is 145 Å². The number of nitrogens with one attached hydrogen (secondary N) is 1. The molecule has 0 bridgehead atoms. The summed E-state index contributed by atoms with van der Waals surface area (Å²) < 4.78 is 12.9. The van der Waals surface area contributed by atoms with Crippen molar-refractivity contribution >= 4 is 22.5 Å². The highest BCUT2D eigenvalue weighted by Crippen LogP contribution is 2.32. The molecule has 6 heteroatoms. The number of carbonyl (C=O) groups is 1. The van der Waals surface area contributed by atoms with Crippen LogP contribution in [0.2, 0.25) is 0 Å². The van der Waals surface area contributed by atoms with Crippen LogP contribution in [-0.4, -0.2) is 28.9 Å². The van der Waals surface area contributed by atoms with E-state index in [0.29, 0.717) is 43.4 Å². The van der Waals surface area contributed by atoms with Gasteiger partial charge in [-0.25, -0.2) is 0 Å². The number of aryl methyl sites for hydroxylation is 2. The SMILES string of the molecule is Cc1cccc2cnn(CCC(=O)Nc3ccc4c(c3)OCCO4)c12. The molecule has 0 aliphatic carbocycles. The highest BCUT2D eigenvalue weighted by molar-refractivity contribution is 5.91. The molecule has 1 N–H and O–H groups in total. The van der Waals surface area contributed by atoms with Crippen molar-refractivity contribution in [3.63, 3.8) is 0 Å². The van der Waals surface area contributed by atoms with E-state index >= 15 is 0 Å². The normalized spacial score (nSPS) is 13.0. The summed E-state index contributed by atoms with van der Waals surface area (Å²) in [6.07, 6.45) is 2.18. The predicted molar refractivity (Wildman–Crippen MR) is 95.1 cm³/mol. The van der Waals surface area contributed by atoms with Crippen LogP contribution in [0.25, 0.3) is 10.9 Å². The Balaban J connectivity index is 1.42. The summed E-state index contributed by atoms with van der Waals surface area (Å²) in [4.78, 5) is 12.3. The molecule has 1 aromatic heterocycles. The zero-order valence-electron chi connectivity index (χ0n) is 14.0. The number of fused-ring (bicyclic) bond motifs is 2. The van der Waals surface area contributed by atoms with Gasteiger partial charge in [-0.15, -0.1) is 0 Å². The molecule has 1 aliphatic heterocycles. The third-order valence-electron chi connectivity index (χ3n) is 4.24. The summed E-state index contributed by atoms with van der Waals surface area (Å²) >= 11 is 0. The Bertz CT molecular complexity index is 933. The lowest BCUT2D eigenvalue weighted by molar-refractivity contribution is -0.116. The largest absolute Gasteiger partial charge is 0.486 e. The van der Waals surface area contributed by atoms with Crippen molar-refractivity contribution in [2.45, 2.75) is 19.9 Å². The number of ether oxygens (including phenoxy) is 2. The van der Waals surface area contributed by atoms with Crippen molar-refractivity contribution in [2.24, 2.45) is 0 Å². The van der Waals surface area contributed by atoms with Crippen LogP contribution in [0, 0.1) is 6.92 Å². The number of rotatable bonds is 4. The van der Waals surface area contributed by atoms with Gasteiger partial charge in [-0.2, -0.15) is 5.10 Å². The average Bonchev–Trinajstić information content (AvgIpc) is 3.04. The molecule has 4 rings (SSSR count). The second-order valence-corrected chi connectivity index (χ2v) is 6.04. The smallest absolute Gasteiger partial charge is 0.226 e. The summed E-state index contributed by atoms with van der Waals surface area (Å²) in [6.45, 7) is 3.66. The van der Waals surface area contributed by atoms with Crippen molar-refractivity contribution in [1.29, 1.82) is 0 Å². The van der Waals surface area contributed by atoms with Gasteiger partial charge in [0.1, 0.15) is 13.2 Å². The van der Waals surface area contributed by atoms with Crippen molar-refractivity contribution < 1.29 is 14.3 Å². The molecule has 1 aliphatic rings. The minimum Gasteiger partial charge on any atom is -0.486 e. The maximum atomic E-state index is 12.3. The maximum Gasteiger partial charge on any atom is 0.226 e. The van der Waals surface area contributed by atoms with E-state index < -0.39 is 0 Å². The molecule has 0 fully saturated rings. The Morgan fingerprint density at radius 2 is 2.04 bits per heavy atom. The zero-order valence-corrected chi connectivity index (χ0v) is 14.0. The van der Waals surface area contributed by atoms with Crippen LogP contribution in [0.1, 0.15) is 12.0 Å². The summed E-state index contributed by atoms with van der Waals surface area (Å²) in [5.41, 5.74) is 2.94. The van der Waals surface area contributed by atoms with Gasteiger partial charge in [0.25, 0.3) is 0 Å². The number of benzene rings is 2. The molecule has 0 unspecified atom stereocenters. The third-order valence-corrected chi connectivity index (χ3v) is 4.24. The average molecular weight is 337 g/mol. The molecule has 0 saturated carbocycles. The first kappa shape index (κ1) is 15.5. The van der Waals surface area contributed by atoms with Crippen LogP contribution in [0.4, 0.5) is 5.69 Å². The molecule has 0 spiro atoms. The first-order valence-electron chi connectivity index (χ1n) is 8.31. The van der Waals surface area contributed by atoms with Crippen molar-refractivity contribution in [3.05, 3.63) is 48.2 Å². The number of amides is 1. The molecule has 128 valence electrons. The second-order valence-electron chi connectivity index (χ2n) is 6.04. The standard InChI is InChI=1S/C19H19N3O3/c1-13-3-2-4-14-12-20-22(19(13)14)8-7-18(23)21-15-5-6-16-17(11-15)25-10-9-24-16/h2-6,11-12H,7-10H2,1H3,(H,21,23). The van der Waals surface area contributed by atoms with Crippen LogP contribution in [0.3, 0.4) is 0 Å². The Morgan fingerprint density at radius 1 is 1.20 bits per heavy atom. The number of nitrogens with zero attached hydrogens (tertiary/aromatic N) is 2. The van der Waals surface area contributed by atoms with Crippen LogP contribution < -0.4 is 14.8 Å². The molecule has 1 amide bonds. The first-order chi connectivity index (χ1) is 12.2. The number of carbonyl (C=O) groups excluding carboxylic acids is 1. The highest BCUT2D eigenvalue weighted by atomic mass is 16.6. The minimum absolute atomic E-state index is 0.0612. The Hall–Kier alpha value is -3.02. The molecular weight excluding hydrogens is 318 g/mol. The lowest BCUT2D eigenvalue weighted by atomic mass is 10.2. The van der Waals surface area contributed by atoms with Gasteiger partial charge in [-0.05, 0) is 24.6 Å². The monoisotopic (exact) mass is 337 g/mol. The topological polar surface area (TPSA) is 65.4 Å². The van der Waals surface area contributed by atoms with E-state index in [9.17, 15) is 4.79 Å². The number of hydrogen-bond acceptors (Lipinski definition) is 4. The van der Waals surface area contributed by atoms with Gasteiger partial charge >= 0.3 is 0 Å². The number of hydrogen-bond donors (Lipinski definition) is 1. The molecule has 6 nitrogen and oxygen atoms in total. The fraction of sp³-hybridized carbons (Fsp3) is 0.263. The van der Waals surface area contributed by atoms with E-state index in [1.807, 2.05) is 35.1 Å². The third kappa shape index (κ3) is 3.15. The molecule has 2 aromatic carbocycles. The molecule has 2 heterocycles. The van der Waals surface area contributed by atoms with Gasteiger partial charge in [0.15, 0.2) is 11.5 Å². The van der Waals surface area contributed by atoms with E-state index in [0.717, 1.165) is 16.5 Å². The van der Waals surface area contributed by atoms with Crippen molar-refractivity contribution in [3.8, 4) is 11.5 Å². The molecule has 3 aromatic rings. The summed E-state index contributed by atoms with van der Waals surface area (Å²) in [5.74, 6) is 1.31. The van der Waals surface area contributed by atoms with Gasteiger partial charge in [-0.1, -0.05) is 18.2 Å². The van der Waals surface area contributed by atoms with Gasteiger partial charge in [-0.3, -0.25) is 9.48 Å². The molecule has 0 saturated heterocycles. The van der Waals surface area contributed by atoms with Crippen molar-refractivity contribution in [1.82, 2.24) is 9.78 Å². The van der Waals surface area contributed by atoms with E-state index in [1.54, 1.807) is 6.07 Å². The fourth-order valence-corrected chi connectivity index (χ4v) is 3.05. The molecular formula is C19H19N3O3. The Morgan fingerprint density at radius 3 is 2.92 bits per heavy atom. The quantitative estimate of drug-likeness (QED) is 0.794. The number of anilines is 1. The molecule has 0 radical (unpaired) electrons. The summed E-state index contributed by atoms with van der Waals surface area (Å²) in [5, 5.41) is 8.38. The fourth-order valence-electron chi connectivity index (χ4n) is 3.05. The van der Waals surface area contributed by atoms with Crippen molar-refractivity contribution in [2.75, 3.05) is 18.5 Å². The maximum absolute atomic E-state index is 12.3. The first-order valence-corrected chi connectivity index (χ1v) is 8.31. The van der Waals surface area contributed by atoms with E-state index in [1.165, 1.54) is 0 Å². The Kier molecular flexibility index (Phi) is 4.01. The molecule has 0 atom stereocenters. The van der Waals surface area contributed by atoms with Gasteiger partial charge in [0.2, 0.25) is 5.91 Å². The highest BCUT2D eigenvalue weighted by Gasteiger charge is 2.13. The second kappa shape index (κ2) is 6.47. The lowest BCUT2D eigenvalue weighted by Gasteiger charge is -2.19. The van der Waals surface area contributed by atoms with Crippen LogP contribution in [0.15, 0.2) is 42.6 Å². The minimum atomic E-state index is -0.0612. The van der Waals surface area contributed by atoms with Gasteiger partial charge in [0, 0.05) is 23.6 Å². The van der Waals surface area contributed by atoms with Gasteiger partial charge < -0.3 is 14.8 Å². The van der Waals surface area contributed by atoms with Crippen LogP contribution in [0.5, 0.6) is 11.5 Å². The van der Waals surface area contributed by atoms with Crippen LogP contribution >= 0.6 is 0 Å². The van der Waals surface area contributed by atoms with E-state index in [4.69, 9.17) is 9.47 Å². The zero-order chi connectivity index (χ0) is 17.2. The predicted octanol–water partition coefficient (Wildman–Crippen LogP) is 3.14. The summed E-state index contributed by atoms with van der Waals surface area (Å²) in [6, 6.07) is 11.5. The number of para-hydroxylation sites is 1. The van der Waals surface area contributed by atoms with Gasteiger partial charge in [0.05, 0.1) is 18.3 Å². The number of aromatic nitrogens is 2. The van der Waals surface area contributed by atoms with Crippen LogP contribution in [-0.2, 0) is 11.3 Å².